The Morgan fingerprint density at radius 1 is 1.22 bits per heavy atom. The quantitative estimate of drug-likeness (QED) is 0.480. The number of carbonyl (C=O) groups excluding carboxylic acids is 1. The molecule has 0 spiro atoms. The summed E-state index contributed by atoms with van der Waals surface area (Å²) in [5.41, 5.74) is 1.07. The number of amides is 1. The largest absolute Gasteiger partial charge is 0.573 e. The molecule has 0 saturated heterocycles. The number of hydrogen-bond acceptors (Lipinski definition) is 5. The lowest BCUT2D eigenvalue weighted by Crippen LogP contribution is -2.37. The Morgan fingerprint density at radius 2 is 1.94 bits per heavy atom. The normalized spacial score (nSPS) is 12.4. The van der Waals surface area contributed by atoms with Gasteiger partial charge in [0.1, 0.15) is 5.75 Å². The molecule has 32 heavy (non-hydrogen) atoms. The van der Waals surface area contributed by atoms with E-state index in [-0.39, 0.29) is 17.3 Å². The molecule has 1 aromatic carbocycles. The highest BCUT2D eigenvalue weighted by atomic mass is 35.5. The van der Waals surface area contributed by atoms with Gasteiger partial charge in [-0.25, -0.2) is 0 Å². The van der Waals surface area contributed by atoms with Crippen molar-refractivity contribution in [2.24, 2.45) is 0 Å². The fourth-order valence-corrected chi connectivity index (χ4v) is 3.41. The molecule has 0 fully saturated rings. The van der Waals surface area contributed by atoms with E-state index in [0.717, 1.165) is 17.8 Å². The summed E-state index contributed by atoms with van der Waals surface area (Å²) < 4.78 is 42.1. The molecule has 0 N–H and O–H groups in total. The van der Waals surface area contributed by atoms with Gasteiger partial charge in [0.05, 0.1) is 28.7 Å². The summed E-state index contributed by atoms with van der Waals surface area (Å²) >= 11 is 5.86. The van der Waals surface area contributed by atoms with Crippen molar-refractivity contribution < 1.29 is 22.7 Å². The Morgan fingerprint density at radius 3 is 2.53 bits per heavy atom. The number of carbonyl (C=O) groups is 1. The number of alkyl halides is 3. The van der Waals surface area contributed by atoms with Crippen LogP contribution in [0.1, 0.15) is 35.8 Å². The van der Waals surface area contributed by atoms with Crippen LogP contribution in [0.3, 0.4) is 0 Å². The number of rotatable bonds is 8. The van der Waals surface area contributed by atoms with Gasteiger partial charge in [0, 0.05) is 25.0 Å². The van der Waals surface area contributed by atoms with E-state index < -0.39 is 18.0 Å². The van der Waals surface area contributed by atoms with E-state index in [1.165, 1.54) is 28.2 Å². The van der Waals surface area contributed by atoms with Crippen molar-refractivity contribution in [3.63, 3.8) is 0 Å². The fraction of sp³-hybridized carbons (Fsp3) is 0.333. The molecule has 0 unspecified atom stereocenters. The second kappa shape index (κ2) is 9.99. The number of aromatic nitrogens is 4. The average molecular weight is 468 g/mol. The zero-order chi connectivity index (χ0) is 23.3. The van der Waals surface area contributed by atoms with Gasteiger partial charge < -0.3 is 9.64 Å². The number of benzene rings is 1. The molecule has 3 rings (SSSR count). The van der Waals surface area contributed by atoms with Crippen molar-refractivity contribution in [2.45, 2.75) is 38.6 Å². The van der Waals surface area contributed by atoms with Crippen LogP contribution >= 0.6 is 11.6 Å². The second-order valence-electron chi connectivity index (χ2n) is 7.03. The molecule has 1 amide bonds. The summed E-state index contributed by atoms with van der Waals surface area (Å²) in [6.07, 6.45) is 1.36. The average Bonchev–Trinajstić information content (AvgIpc) is 3.28. The standard InChI is InChI=1S/C21H21ClF3N5O2/c1-3-16(7-6-15-5-4-14(22)13-26-15)29(2)20(31)18-12-17(32-21(23,24)25)8-9-19(18)30-27-10-11-28-30/h4-5,8-13,16H,3,6-7H2,1-2H3/t16-/m0/s1. The topological polar surface area (TPSA) is 73.1 Å². The van der Waals surface area contributed by atoms with Crippen LogP contribution in [0.4, 0.5) is 13.2 Å². The Labute approximate surface area is 187 Å². The Bertz CT molecular complexity index is 1040. The number of aryl methyl sites for hydroxylation is 1. The van der Waals surface area contributed by atoms with Crippen LogP contribution in [0.2, 0.25) is 5.02 Å². The summed E-state index contributed by atoms with van der Waals surface area (Å²) in [5.74, 6) is -0.968. The first-order valence-corrected chi connectivity index (χ1v) is 10.2. The molecule has 0 aliphatic heterocycles. The Balaban J connectivity index is 1.85. The van der Waals surface area contributed by atoms with Crippen LogP contribution in [0, 0.1) is 0 Å². The highest BCUT2D eigenvalue weighted by Crippen LogP contribution is 2.28. The van der Waals surface area contributed by atoms with Crippen LogP contribution in [-0.2, 0) is 6.42 Å². The molecule has 0 bridgehead atoms. The minimum Gasteiger partial charge on any atom is -0.406 e. The van der Waals surface area contributed by atoms with Crippen molar-refractivity contribution in [1.82, 2.24) is 24.9 Å². The Kier molecular flexibility index (Phi) is 7.34. The summed E-state index contributed by atoms with van der Waals surface area (Å²) in [7, 11) is 1.61. The molecule has 1 atom stereocenters. The SMILES string of the molecule is CC[C@@H](CCc1ccc(Cl)cn1)N(C)C(=O)c1cc(OC(F)(F)F)ccc1-n1nccn1. The van der Waals surface area contributed by atoms with Crippen LogP contribution in [0.25, 0.3) is 5.69 Å². The van der Waals surface area contributed by atoms with Gasteiger partial charge in [-0.3, -0.25) is 9.78 Å². The van der Waals surface area contributed by atoms with E-state index >= 15 is 0 Å². The Hall–Kier alpha value is -3.14. The lowest BCUT2D eigenvalue weighted by atomic mass is 10.0. The van der Waals surface area contributed by atoms with Gasteiger partial charge in [0.2, 0.25) is 0 Å². The molecule has 11 heteroatoms. The van der Waals surface area contributed by atoms with Crippen molar-refractivity contribution >= 4 is 17.5 Å². The number of hydrogen-bond donors (Lipinski definition) is 0. The maximum absolute atomic E-state index is 13.3. The minimum absolute atomic E-state index is 0.00600. The van der Waals surface area contributed by atoms with Crippen molar-refractivity contribution in [3.05, 3.63) is 65.2 Å². The lowest BCUT2D eigenvalue weighted by molar-refractivity contribution is -0.274. The molecule has 2 heterocycles. The number of nitrogens with zero attached hydrogens (tertiary/aromatic N) is 5. The second-order valence-corrected chi connectivity index (χ2v) is 7.47. The highest BCUT2D eigenvalue weighted by Gasteiger charge is 2.32. The van der Waals surface area contributed by atoms with Gasteiger partial charge >= 0.3 is 6.36 Å². The molecule has 7 nitrogen and oxygen atoms in total. The van der Waals surface area contributed by atoms with Crippen molar-refractivity contribution in [1.29, 1.82) is 0 Å². The number of ether oxygens (including phenoxy) is 1. The molecule has 0 saturated carbocycles. The minimum atomic E-state index is -4.88. The monoisotopic (exact) mass is 467 g/mol. The first-order valence-electron chi connectivity index (χ1n) is 9.82. The van der Waals surface area contributed by atoms with Crippen LogP contribution in [0.5, 0.6) is 5.75 Å². The summed E-state index contributed by atoms with van der Waals surface area (Å²) in [6.45, 7) is 1.93. The highest BCUT2D eigenvalue weighted by molar-refractivity contribution is 6.30. The van der Waals surface area contributed by atoms with Crippen LogP contribution in [0.15, 0.2) is 48.9 Å². The van der Waals surface area contributed by atoms with Gasteiger partial charge in [-0.15, -0.1) is 13.2 Å². The van der Waals surface area contributed by atoms with Gasteiger partial charge in [-0.2, -0.15) is 15.0 Å². The summed E-state index contributed by atoms with van der Waals surface area (Å²) in [4.78, 5) is 20.3. The molecular weight excluding hydrogens is 447 g/mol. The number of pyridine rings is 1. The third kappa shape index (κ3) is 5.97. The number of halogens is 4. The van der Waals surface area contributed by atoms with Crippen LogP contribution < -0.4 is 4.74 Å². The molecule has 2 aromatic heterocycles. The smallest absolute Gasteiger partial charge is 0.406 e. The van der Waals surface area contributed by atoms with Gasteiger partial charge in [-0.1, -0.05) is 18.5 Å². The summed E-state index contributed by atoms with van der Waals surface area (Å²) in [6, 6.07) is 6.88. The first-order chi connectivity index (χ1) is 15.2. The van der Waals surface area contributed by atoms with Crippen molar-refractivity contribution in [3.8, 4) is 11.4 Å². The molecule has 3 aromatic rings. The molecule has 0 radical (unpaired) electrons. The molecular formula is C21H21ClF3N5O2. The third-order valence-electron chi connectivity index (χ3n) is 4.93. The van der Waals surface area contributed by atoms with E-state index in [1.54, 1.807) is 19.3 Å². The predicted octanol–water partition coefficient (Wildman–Crippen LogP) is 4.70. The van der Waals surface area contributed by atoms with E-state index in [1.807, 2.05) is 13.0 Å². The zero-order valence-electron chi connectivity index (χ0n) is 17.4. The van der Waals surface area contributed by atoms with Crippen molar-refractivity contribution in [2.75, 3.05) is 7.05 Å². The van der Waals surface area contributed by atoms with Gasteiger partial charge in [0.25, 0.3) is 5.91 Å². The van der Waals surface area contributed by atoms with Gasteiger partial charge in [-0.05, 0) is 49.6 Å². The fourth-order valence-electron chi connectivity index (χ4n) is 3.29. The van der Waals surface area contributed by atoms with E-state index in [0.29, 0.717) is 24.3 Å². The van der Waals surface area contributed by atoms with E-state index in [2.05, 4.69) is 19.9 Å². The maximum atomic E-state index is 13.3. The zero-order valence-corrected chi connectivity index (χ0v) is 18.1. The predicted molar refractivity (Wildman–Crippen MR) is 112 cm³/mol. The third-order valence-corrected chi connectivity index (χ3v) is 5.15. The first kappa shape index (κ1) is 23.5. The van der Waals surface area contributed by atoms with E-state index in [4.69, 9.17) is 11.6 Å². The lowest BCUT2D eigenvalue weighted by Gasteiger charge is -2.28. The van der Waals surface area contributed by atoms with Gasteiger partial charge in [0.15, 0.2) is 0 Å². The summed E-state index contributed by atoms with van der Waals surface area (Å²) in [5, 5.41) is 8.52. The molecule has 0 aliphatic rings. The van der Waals surface area contributed by atoms with Crippen LogP contribution in [-0.4, -0.2) is 50.2 Å². The molecule has 0 aliphatic carbocycles. The molecule has 170 valence electrons. The maximum Gasteiger partial charge on any atom is 0.573 e. The van der Waals surface area contributed by atoms with E-state index in [9.17, 15) is 18.0 Å².